The van der Waals surface area contributed by atoms with Gasteiger partial charge in [0.1, 0.15) is 0 Å². The van der Waals surface area contributed by atoms with Crippen molar-refractivity contribution in [3.05, 3.63) is 29.6 Å². The highest BCUT2D eigenvalue weighted by atomic mass is 16.1. The maximum absolute atomic E-state index is 10.6. The van der Waals surface area contributed by atoms with E-state index >= 15 is 0 Å². The van der Waals surface area contributed by atoms with E-state index in [1.807, 2.05) is 25.2 Å². The molecule has 0 aliphatic rings. The van der Waals surface area contributed by atoms with Crippen LogP contribution in [0.4, 0.5) is 0 Å². The predicted molar refractivity (Wildman–Crippen MR) is 59.0 cm³/mol. The lowest BCUT2D eigenvalue weighted by atomic mass is 10.1. The third-order valence-electron chi connectivity index (χ3n) is 2.57. The van der Waals surface area contributed by atoms with Crippen LogP contribution in [0.25, 0.3) is 11.0 Å². The smallest absolute Gasteiger partial charge is 0.185 e. The fraction of sp³-hybridized carbons (Fsp3) is 0.273. The first kappa shape index (κ1) is 9.86. The second-order valence-corrected chi connectivity index (χ2v) is 3.49. The minimum atomic E-state index is 0.219. The van der Waals surface area contributed by atoms with Gasteiger partial charge in [-0.1, -0.05) is 12.1 Å². The summed E-state index contributed by atoms with van der Waals surface area (Å²) in [5.74, 6) is 0.376. The minimum Gasteiger partial charge on any atom is -0.336 e. The zero-order chi connectivity index (χ0) is 10.8. The van der Waals surface area contributed by atoms with E-state index in [9.17, 15) is 4.79 Å². The first-order valence-corrected chi connectivity index (χ1v) is 4.87. The molecule has 78 valence electrons. The van der Waals surface area contributed by atoms with Crippen LogP contribution in [-0.4, -0.2) is 23.3 Å². The Morgan fingerprint density at radius 2 is 2.33 bits per heavy atom. The van der Waals surface area contributed by atoms with Crippen LogP contribution in [0.1, 0.15) is 29.1 Å². The zero-order valence-electron chi connectivity index (χ0n) is 8.74. The Labute approximate surface area is 87.7 Å². The molecular formula is C11H13N3O. The SMILES string of the molecule is CNC(C)c1cccc2[nH]c(C=O)nc12. The van der Waals surface area contributed by atoms with Crippen molar-refractivity contribution in [1.82, 2.24) is 15.3 Å². The van der Waals surface area contributed by atoms with Gasteiger partial charge in [0.15, 0.2) is 12.1 Å². The molecule has 0 fully saturated rings. The van der Waals surface area contributed by atoms with Crippen molar-refractivity contribution in [1.29, 1.82) is 0 Å². The van der Waals surface area contributed by atoms with E-state index < -0.39 is 0 Å². The number of hydrogen-bond donors (Lipinski definition) is 2. The number of H-pyrrole nitrogens is 1. The number of aromatic amines is 1. The van der Waals surface area contributed by atoms with Crippen molar-refractivity contribution in [2.24, 2.45) is 0 Å². The van der Waals surface area contributed by atoms with E-state index in [0.29, 0.717) is 5.82 Å². The van der Waals surface area contributed by atoms with Crippen LogP contribution in [0.15, 0.2) is 18.2 Å². The summed E-state index contributed by atoms with van der Waals surface area (Å²) in [4.78, 5) is 17.8. The molecule has 4 heteroatoms. The van der Waals surface area contributed by atoms with E-state index in [-0.39, 0.29) is 6.04 Å². The molecular weight excluding hydrogens is 190 g/mol. The van der Waals surface area contributed by atoms with Crippen LogP contribution in [0.5, 0.6) is 0 Å². The monoisotopic (exact) mass is 203 g/mol. The maximum Gasteiger partial charge on any atom is 0.185 e. The topological polar surface area (TPSA) is 57.8 Å². The quantitative estimate of drug-likeness (QED) is 0.746. The highest BCUT2D eigenvalue weighted by Crippen LogP contribution is 2.21. The molecule has 2 rings (SSSR count). The second kappa shape index (κ2) is 3.82. The third-order valence-corrected chi connectivity index (χ3v) is 2.57. The fourth-order valence-electron chi connectivity index (χ4n) is 1.63. The molecule has 1 unspecified atom stereocenters. The van der Waals surface area contributed by atoms with Crippen LogP contribution in [-0.2, 0) is 0 Å². The Kier molecular flexibility index (Phi) is 2.51. The summed E-state index contributed by atoms with van der Waals surface area (Å²) >= 11 is 0. The number of benzene rings is 1. The number of carbonyl (C=O) groups is 1. The van der Waals surface area contributed by atoms with Gasteiger partial charge in [-0.05, 0) is 25.6 Å². The summed E-state index contributed by atoms with van der Waals surface area (Å²) < 4.78 is 0. The Morgan fingerprint density at radius 1 is 1.53 bits per heavy atom. The van der Waals surface area contributed by atoms with E-state index in [2.05, 4.69) is 22.2 Å². The first-order chi connectivity index (χ1) is 7.26. The van der Waals surface area contributed by atoms with Crippen molar-refractivity contribution in [3.8, 4) is 0 Å². The van der Waals surface area contributed by atoms with E-state index in [0.717, 1.165) is 22.9 Å². The second-order valence-electron chi connectivity index (χ2n) is 3.49. The van der Waals surface area contributed by atoms with Gasteiger partial charge >= 0.3 is 0 Å². The highest BCUT2D eigenvalue weighted by molar-refractivity contribution is 5.84. The van der Waals surface area contributed by atoms with Gasteiger partial charge in [-0.3, -0.25) is 4.79 Å². The Hall–Kier alpha value is -1.68. The molecule has 0 aliphatic carbocycles. The van der Waals surface area contributed by atoms with E-state index in [4.69, 9.17) is 0 Å². The number of nitrogens with zero attached hydrogens (tertiary/aromatic N) is 1. The molecule has 0 saturated heterocycles. The van der Waals surface area contributed by atoms with Crippen LogP contribution in [0, 0.1) is 0 Å². The van der Waals surface area contributed by atoms with Crippen molar-refractivity contribution >= 4 is 17.3 Å². The number of para-hydroxylation sites is 1. The molecule has 0 saturated carbocycles. The molecule has 1 heterocycles. The van der Waals surface area contributed by atoms with Gasteiger partial charge in [0.2, 0.25) is 0 Å². The third kappa shape index (κ3) is 1.64. The number of imidazole rings is 1. The van der Waals surface area contributed by atoms with Gasteiger partial charge in [-0.2, -0.15) is 0 Å². The molecule has 2 N–H and O–H groups in total. The summed E-state index contributed by atoms with van der Waals surface area (Å²) in [6.45, 7) is 2.06. The van der Waals surface area contributed by atoms with E-state index in [1.54, 1.807) is 0 Å². The predicted octanol–water partition coefficient (Wildman–Crippen LogP) is 1.66. The summed E-state index contributed by atoms with van der Waals surface area (Å²) in [6, 6.07) is 6.11. The van der Waals surface area contributed by atoms with Gasteiger partial charge in [-0.15, -0.1) is 0 Å². The standard InChI is InChI=1S/C11H13N3O/c1-7(12-2)8-4-3-5-9-11(8)14-10(6-15)13-9/h3-7,12H,1-2H3,(H,13,14). The van der Waals surface area contributed by atoms with Crippen molar-refractivity contribution in [3.63, 3.8) is 0 Å². The summed E-state index contributed by atoms with van der Waals surface area (Å²) in [5, 5.41) is 3.16. The molecule has 1 aromatic heterocycles. The van der Waals surface area contributed by atoms with Crippen molar-refractivity contribution in [2.45, 2.75) is 13.0 Å². The molecule has 0 bridgehead atoms. The molecule has 1 atom stereocenters. The number of carbonyl (C=O) groups excluding carboxylic acids is 1. The number of fused-ring (bicyclic) bond motifs is 1. The molecule has 0 radical (unpaired) electrons. The molecule has 1 aromatic carbocycles. The highest BCUT2D eigenvalue weighted by Gasteiger charge is 2.10. The fourth-order valence-corrected chi connectivity index (χ4v) is 1.63. The number of aldehydes is 1. The number of aromatic nitrogens is 2. The lowest BCUT2D eigenvalue weighted by Crippen LogP contribution is -2.12. The molecule has 4 nitrogen and oxygen atoms in total. The molecule has 0 amide bonds. The van der Waals surface area contributed by atoms with Gasteiger partial charge in [-0.25, -0.2) is 4.98 Å². The van der Waals surface area contributed by atoms with Gasteiger partial charge in [0, 0.05) is 6.04 Å². The summed E-state index contributed by atoms with van der Waals surface area (Å²) in [6.07, 6.45) is 0.730. The molecule has 15 heavy (non-hydrogen) atoms. The number of nitrogens with one attached hydrogen (secondary N) is 2. The first-order valence-electron chi connectivity index (χ1n) is 4.87. The van der Waals surface area contributed by atoms with Crippen LogP contribution in [0.3, 0.4) is 0 Å². The average molecular weight is 203 g/mol. The summed E-state index contributed by atoms with van der Waals surface area (Å²) in [5.41, 5.74) is 2.86. The molecule has 0 spiro atoms. The number of rotatable bonds is 3. The van der Waals surface area contributed by atoms with Crippen LogP contribution in [0.2, 0.25) is 0 Å². The van der Waals surface area contributed by atoms with Gasteiger partial charge in [0.05, 0.1) is 11.0 Å². The maximum atomic E-state index is 10.6. The number of hydrogen-bond acceptors (Lipinski definition) is 3. The zero-order valence-corrected chi connectivity index (χ0v) is 8.74. The van der Waals surface area contributed by atoms with Gasteiger partial charge < -0.3 is 10.3 Å². The Bertz CT molecular complexity index is 490. The average Bonchev–Trinajstić information content (AvgIpc) is 2.70. The normalized spacial score (nSPS) is 12.9. The van der Waals surface area contributed by atoms with Crippen LogP contribution < -0.4 is 5.32 Å². The van der Waals surface area contributed by atoms with Crippen LogP contribution >= 0.6 is 0 Å². The van der Waals surface area contributed by atoms with Crippen molar-refractivity contribution < 1.29 is 4.79 Å². The van der Waals surface area contributed by atoms with Gasteiger partial charge in [0.25, 0.3) is 0 Å². The minimum absolute atomic E-state index is 0.219. The summed E-state index contributed by atoms with van der Waals surface area (Å²) in [7, 11) is 1.90. The van der Waals surface area contributed by atoms with E-state index in [1.165, 1.54) is 0 Å². The lowest BCUT2D eigenvalue weighted by molar-refractivity contribution is 0.111. The Morgan fingerprint density at radius 3 is 3.00 bits per heavy atom. The largest absolute Gasteiger partial charge is 0.336 e. The molecule has 2 aromatic rings. The Balaban J connectivity index is 2.63. The van der Waals surface area contributed by atoms with Crippen molar-refractivity contribution in [2.75, 3.05) is 7.05 Å². The lowest BCUT2D eigenvalue weighted by Gasteiger charge is -2.10. The molecule has 0 aliphatic heterocycles.